The Morgan fingerprint density at radius 1 is 1.19 bits per heavy atom. The number of rotatable bonds is 1. The Bertz CT molecular complexity index is 412. The van der Waals surface area contributed by atoms with E-state index >= 15 is 0 Å². The van der Waals surface area contributed by atoms with Gasteiger partial charge in [0.25, 0.3) is 0 Å². The minimum Gasteiger partial charge on any atom is -0.467 e. The van der Waals surface area contributed by atoms with Crippen LogP contribution in [0, 0.1) is 0 Å². The van der Waals surface area contributed by atoms with E-state index in [2.05, 4.69) is 0 Å². The van der Waals surface area contributed by atoms with Crippen LogP contribution in [-0.2, 0) is 4.74 Å². The van der Waals surface area contributed by atoms with Crippen molar-refractivity contribution in [3.63, 3.8) is 0 Å². The number of hydrogen-bond acceptors (Lipinski definition) is 4. The molecular weight excluding hydrogens is 206 g/mol. The molecule has 4 heteroatoms. The zero-order valence-corrected chi connectivity index (χ0v) is 8.89. The first-order valence-electron chi connectivity index (χ1n) is 5.48. The minimum absolute atomic E-state index is 0.0671. The van der Waals surface area contributed by atoms with Crippen LogP contribution in [0.5, 0.6) is 5.75 Å². The summed E-state index contributed by atoms with van der Waals surface area (Å²) in [4.78, 5) is 14.1. The van der Waals surface area contributed by atoms with Gasteiger partial charge in [-0.25, -0.2) is 0 Å². The summed E-state index contributed by atoms with van der Waals surface area (Å²) in [6, 6.07) is 7.40. The van der Waals surface area contributed by atoms with Crippen LogP contribution in [0.4, 0.5) is 0 Å². The average Bonchev–Trinajstić information content (AvgIpc) is 2.69. The van der Waals surface area contributed by atoms with Crippen LogP contribution in [0.1, 0.15) is 10.4 Å². The van der Waals surface area contributed by atoms with Crippen molar-refractivity contribution in [1.82, 2.24) is 4.90 Å². The highest BCUT2D eigenvalue weighted by Gasteiger charge is 2.36. The standard InChI is InChI=1S/C12H13NO3/c14-11-9-3-1-2-4-10(9)16-12(11)13-5-7-15-8-6-13/h1-4,12H,5-8H2. The number of hydrogen-bond donors (Lipinski definition) is 0. The molecule has 0 radical (unpaired) electrons. The Balaban J connectivity index is 1.83. The largest absolute Gasteiger partial charge is 0.467 e. The van der Waals surface area contributed by atoms with Gasteiger partial charge in [-0.15, -0.1) is 0 Å². The SMILES string of the molecule is O=C1c2ccccc2OC1N1CCOCC1. The number of nitrogens with zero attached hydrogens (tertiary/aromatic N) is 1. The lowest BCUT2D eigenvalue weighted by Gasteiger charge is -2.30. The van der Waals surface area contributed by atoms with Gasteiger partial charge in [-0.1, -0.05) is 12.1 Å². The Kier molecular flexibility index (Phi) is 2.38. The molecule has 0 spiro atoms. The molecule has 16 heavy (non-hydrogen) atoms. The van der Waals surface area contributed by atoms with Crippen LogP contribution in [-0.4, -0.2) is 43.2 Å². The molecule has 1 atom stereocenters. The van der Waals surface area contributed by atoms with Gasteiger partial charge in [0.2, 0.25) is 12.0 Å². The third kappa shape index (κ3) is 1.50. The van der Waals surface area contributed by atoms with Crippen molar-refractivity contribution in [3.05, 3.63) is 29.8 Å². The normalized spacial score (nSPS) is 25.2. The Morgan fingerprint density at radius 3 is 2.69 bits per heavy atom. The van der Waals surface area contributed by atoms with E-state index in [4.69, 9.17) is 9.47 Å². The highest BCUT2D eigenvalue weighted by Crippen LogP contribution is 2.29. The molecule has 0 saturated carbocycles. The number of Topliss-reactive ketones (excluding diaryl/α,β-unsaturated/α-hetero) is 1. The fourth-order valence-corrected chi connectivity index (χ4v) is 2.13. The fraction of sp³-hybridized carbons (Fsp3) is 0.417. The van der Waals surface area contributed by atoms with Crippen LogP contribution in [0.2, 0.25) is 0 Å². The second-order valence-corrected chi connectivity index (χ2v) is 3.98. The molecule has 2 aliphatic heterocycles. The first-order chi connectivity index (χ1) is 7.86. The van der Waals surface area contributed by atoms with Crippen molar-refractivity contribution in [1.29, 1.82) is 0 Å². The summed E-state index contributed by atoms with van der Waals surface area (Å²) in [5.41, 5.74) is 0.694. The van der Waals surface area contributed by atoms with E-state index in [-0.39, 0.29) is 5.78 Å². The van der Waals surface area contributed by atoms with E-state index < -0.39 is 6.23 Å². The van der Waals surface area contributed by atoms with Crippen LogP contribution in [0.15, 0.2) is 24.3 Å². The smallest absolute Gasteiger partial charge is 0.222 e. The molecule has 0 amide bonds. The molecule has 0 aliphatic carbocycles. The van der Waals surface area contributed by atoms with Crippen molar-refractivity contribution < 1.29 is 14.3 Å². The molecule has 2 heterocycles. The van der Waals surface area contributed by atoms with Gasteiger partial charge in [0.1, 0.15) is 5.75 Å². The van der Waals surface area contributed by atoms with E-state index in [9.17, 15) is 4.79 Å². The second kappa shape index (κ2) is 3.88. The minimum atomic E-state index is -0.443. The summed E-state index contributed by atoms with van der Waals surface area (Å²) in [5.74, 6) is 0.765. The number of ether oxygens (including phenoxy) is 2. The lowest BCUT2D eigenvalue weighted by atomic mass is 10.1. The third-order valence-corrected chi connectivity index (χ3v) is 2.99. The van der Waals surface area contributed by atoms with Gasteiger partial charge in [0.05, 0.1) is 18.8 Å². The van der Waals surface area contributed by atoms with Crippen molar-refractivity contribution in [3.8, 4) is 5.75 Å². The monoisotopic (exact) mass is 219 g/mol. The summed E-state index contributed by atoms with van der Waals surface area (Å²) in [6.07, 6.45) is -0.443. The first-order valence-corrected chi connectivity index (χ1v) is 5.48. The number of fused-ring (bicyclic) bond motifs is 1. The molecule has 1 aromatic rings. The molecule has 0 N–H and O–H groups in total. The molecule has 0 aromatic heterocycles. The van der Waals surface area contributed by atoms with Crippen molar-refractivity contribution in [2.75, 3.05) is 26.3 Å². The van der Waals surface area contributed by atoms with Crippen molar-refractivity contribution in [2.45, 2.75) is 6.23 Å². The lowest BCUT2D eigenvalue weighted by molar-refractivity contribution is -0.0274. The molecule has 1 fully saturated rings. The predicted octanol–water partition coefficient (Wildman–Crippen LogP) is 0.920. The van der Waals surface area contributed by atoms with Crippen LogP contribution in [0.3, 0.4) is 0 Å². The molecule has 1 saturated heterocycles. The molecule has 2 aliphatic rings. The van der Waals surface area contributed by atoms with E-state index in [1.807, 2.05) is 29.2 Å². The molecule has 3 rings (SSSR count). The van der Waals surface area contributed by atoms with E-state index in [0.717, 1.165) is 13.1 Å². The molecule has 84 valence electrons. The van der Waals surface area contributed by atoms with Crippen LogP contribution in [0.25, 0.3) is 0 Å². The number of para-hydroxylation sites is 1. The second-order valence-electron chi connectivity index (χ2n) is 3.98. The zero-order valence-electron chi connectivity index (χ0n) is 8.89. The third-order valence-electron chi connectivity index (χ3n) is 2.99. The maximum Gasteiger partial charge on any atom is 0.222 e. The topological polar surface area (TPSA) is 38.8 Å². The highest BCUT2D eigenvalue weighted by molar-refractivity contribution is 6.04. The molecule has 4 nitrogen and oxygen atoms in total. The summed E-state index contributed by atoms with van der Waals surface area (Å²) in [6.45, 7) is 2.85. The van der Waals surface area contributed by atoms with Crippen molar-refractivity contribution in [2.24, 2.45) is 0 Å². The Morgan fingerprint density at radius 2 is 1.94 bits per heavy atom. The molecule has 1 unspecified atom stereocenters. The average molecular weight is 219 g/mol. The van der Waals surface area contributed by atoms with Crippen LogP contribution >= 0.6 is 0 Å². The maximum absolute atomic E-state index is 12.1. The Labute approximate surface area is 93.8 Å². The molecule has 0 bridgehead atoms. The van der Waals surface area contributed by atoms with E-state index in [0.29, 0.717) is 24.5 Å². The van der Waals surface area contributed by atoms with E-state index in [1.54, 1.807) is 0 Å². The quantitative estimate of drug-likeness (QED) is 0.704. The number of benzene rings is 1. The highest BCUT2D eigenvalue weighted by atomic mass is 16.5. The molecular formula is C12H13NO3. The summed E-state index contributed by atoms with van der Waals surface area (Å²) >= 11 is 0. The van der Waals surface area contributed by atoms with Gasteiger partial charge in [0, 0.05) is 13.1 Å². The maximum atomic E-state index is 12.1. The number of ketones is 1. The Hall–Kier alpha value is -1.39. The van der Waals surface area contributed by atoms with Gasteiger partial charge in [-0.05, 0) is 12.1 Å². The van der Waals surface area contributed by atoms with Gasteiger partial charge >= 0.3 is 0 Å². The van der Waals surface area contributed by atoms with Crippen LogP contribution < -0.4 is 4.74 Å². The summed E-state index contributed by atoms with van der Waals surface area (Å²) < 4.78 is 10.9. The summed E-state index contributed by atoms with van der Waals surface area (Å²) in [7, 11) is 0. The first kappa shape index (κ1) is 9.81. The van der Waals surface area contributed by atoms with Gasteiger partial charge in [-0.3, -0.25) is 9.69 Å². The number of carbonyl (C=O) groups excluding carboxylic acids is 1. The van der Waals surface area contributed by atoms with Gasteiger partial charge in [0.15, 0.2) is 0 Å². The summed E-state index contributed by atoms with van der Waals surface area (Å²) in [5, 5.41) is 0. The predicted molar refractivity (Wildman–Crippen MR) is 57.6 cm³/mol. The van der Waals surface area contributed by atoms with Gasteiger partial charge < -0.3 is 9.47 Å². The number of carbonyl (C=O) groups is 1. The van der Waals surface area contributed by atoms with Gasteiger partial charge in [-0.2, -0.15) is 0 Å². The molecule has 1 aromatic carbocycles. The lowest BCUT2D eigenvalue weighted by Crippen LogP contribution is -2.48. The fourth-order valence-electron chi connectivity index (χ4n) is 2.13. The number of morpholine rings is 1. The van der Waals surface area contributed by atoms with E-state index in [1.165, 1.54) is 0 Å². The van der Waals surface area contributed by atoms with Crippen molar-refractivity contribution >= 4 is 5.78 Å². The zero-order chi connectivity index (χ0) is 11.0.